The minimum atomic E-state index is -1.01. The summed E-state index contributed by atoms with van der Waals surface area (Å²) in [5, 5.41) is 11.3. The van der Waals surface area contributed by atoms with E-state index in [-0.39, 0.29) is 17.6 Å². The summed E-state index contributed by atoms with van der Waals surface area (Å²) in [6.45, 7) is 0. The largest absolute Gasteiger partial charge is 0.481 e. The summed E-state index contributed by atoms with van der Waals surface area (Å²) in [4.78, 5) is 31.5. The van der Waals surface area contributed by atoms with Crippen molar-refractivity contribution in [3.8, 4) is 5.88 Å². The van der Waals surface area contributed by atoms with E-state index in [2.05, 4.69) is 15.3 Å². The van der Waals surface area contributed by atoms with Crippen molar-refractivity contribution in [2.24, 2.45) is 0 Å². The molecule has 0 radical (unpaired) electrons. The molecule has 0 spiro atoms. The van der Waals surface area contributed by atoms with E-state index in [4.69, 9.17) is 9.84 Å². The molecule has 2 aromatic rings. The standard InChI is InChI=1S/C15H18N4O4/c1-23-12-7-6-11-14(18-12)19(13(20)8-16-11)10-4-2-9(3-5-10)17-15(21)22/h6-10,17H,2-5H2,1H3,(H,21,22). The van der Waals surface area contributed by atoms with Crippen LogP contribution in [0.4, 0.5) is 4.79 Å². The third-order valence-corrected chi connectivity index (χ3v) is 4.21. The number of hydrogen-bond acceptors (Lipinski definition) is 5. The van der Waals surface area contributed by atoms with E-state index < -0.39 is 6.09 Å². The molecule has 0 saturated heterocycles. The van der Waals surface area contributed by atoms with Gasteiger partial charge in [-0.15, -0.1) is 0 Å². The van der Waals surface area contributed by atoms with Crippen LogP contribution in [0.2, 0.25) is 0 Å². The monoisotopic (exact) mass is 318 g/mol. The fourth-order valence-corrected chi connectivity index (χ4v) is 3.11. The predicted octanol–water partition coefficient (Wildman–Crippen LogP) is 1.55. The summed E-state index contributed by atoms with van der Waals surface area (Å²) < 4.78 is 6.79. The highest BCUT2D eigenvalue weighted by atomic mass is 16.5. The number of fused-ring (bicyclic) bond motifs is 1. The lowest BCUT2D eigenvalue weighted by atomic mass is 9.91. The lowest BCUT2D eigenvalue weighted by molar-refractivity contribution is 0.182. The quantitative estimate of drug-likeness (QED) is 0.889. The lowest BCUT2D eigenvalue weighted by Gasteiger charge is -2.29. The summed E-state index contributed by atoms with van der Waals surface area (Å²) in [7, 11) is 1.52. The molecule has 0 bridgehead atoms. The van der Waals surface area contributed by atoms with Crippen LogP contribution in [0, 0.1) is 0 Å². The fourth-order valence-electron chi connectivity index (χ4n) is 3.11. The summed E-state index contributed by atoms with van der Waals surface area (Å²) in [6, 6.07) is 3.40. The molecular formula is C15H18N4O4. The van der Waals surface area contributed by atoms with Gasteiger partial charge in [0.05, 0.1) is 13.3 Å². The van der Waals surface area contributed by atoms with Crippen molar-refractivity contribution < 1.29 is 14.6 Å². The SMILES string of the molecule is COc1ccc2ncc(=O)n(C3CCC(NC(=O)O)CC3)c2n1. The van der Waals surface area contributed by atoms with Crippen LogP contribution in [0.25, 0.3) is 11.2 Å². The van der Waals surface area contributed by atoms with Crippen LogP contribution in [0.15, 0.2) is 23.1 Å². The average Bonchev–Trinajstić information content (AvgIpc) is 2.55. The van der Waals surface area contributed by atoms with Gasteiger partial charge in [0.25, 0.3) is 5.56 Å². The van der Waals surface area contributed by atoms with Gasteiger partial charge in [-0.25, -0.2) is 9.78 Å². The first-order valence-corrected chi connectivity index (χ1v) is 7.50. The molecule has 0 aromatic carbocycles. The summed E-state index contributed by atoms with van der Waals surface area (Å²) >= 11 is 0. The van der Waals surface area contributed by atoms with Crippen LogP contribution < -0.4 is 15.6 Å². The number of methoxy groups -OCH3 is 1. The molecule has 3 rings (SSSR count). The Hall–Kier alpha value is -2.64. The van der Waals surface area contributed by atoms with Gasteiger partial charge < -0.3 is 15.2 Å². The zero-order valence-electron chi connectivity index (χ0n) is 12.7. The number of aromatic nitrogens is 3. The van der Waals surface area contributed by atoms with Crippen molar-refractivity contribution in [3.05, 3.63) is 28.7 Å². The van der Waals surface area contributed by atoms with Crippen LogP contribution in [0.5, 0.6) is 5.88 Å². The van der Waals surface area contributed by atoms with Gasteiger partial charge in [-0.05, 0) is 31.7 Å². The number of hydrogen-bond donors (Lipinski definition) is 2. The zero-order chi connectivity index (χ0) is 16.4. The van der Waals surface area contributed by atoms with E-state index in [1.165, 1.54) is 13.3 Å². The normalized spacial score (nSPS) is 21.1. The van der Waals surface area contributed by atoms with Crippen molar-refractivity contribution >= 4 is 17.3 Å². The highest BCUT2D eigenvalue weighted by molar-refractivity contribution is 5.70. The molecule has 1 aliphatic carbocycles. The number of amides is 1. The van der Waals surface area contributed by atoms with Gasteiger partial charge in [-0.3, -0.25) is 9.36 Å². The van der Waals surface area contributed by atoms with Gasteiger partial charge >= 0.3 is 6.09 Å². The summed E-state index contributed by atoms with van der Waals surface area (Å²) in [5.41, 5.74) is 0.940. The van der Waals surface area contributed by atoms with E-state index in [9.17, 15) is 9.59 Å². The van der Waals surface area contributed by atoms with Crippen molar-refractivity contribution in [2.45, 2.75) is 37.8 Å². The Bertz CT molecular complexity index is 781. The number of nitrogens with one attached hydrogen (secondary N) is 1. The van der Waals surface area contributed by atoms with Crippen molar-refractivity contribution in [2.75, 3.05) is 7.11 Å². The molecule has 1 saturated carbocycles. The van der Waals surface area contributed by atoms with E-state index in [1.807, 2.05) is 0 Å². The maximum Gasteiger partial charge on any atom is 0.404 e. The maximum atomic E-state index is 12.3. The first-order valence-electron chi connectivity index (χ1n) is 7.50. The fraction of sp³-hybridized carbons (Fsp3) is 0.467. The molecule has 0 aliphatic heterocycles. The van der Waals surface area contributed by atoms with E-state index in [0.717, 1.165) is 0 Å². The van der Waals surface area contributed by atoms with Crippen LogP contribution in [0.1, 0.15) is 31.7 Å². The molecule has 2 aromatic heterocycles. The zero-order valence-corrected chi connectivity index (χ0v) is 12.7. The Balaban J connectivity index is 1.92. The molecule has 0 unspecified atom stereocenters. The summed E-state index contributed by atoms with van der Waals surface area (Å²) in [5.74, 6) is 0.430. The topological polar surface area (TPSA) is 106 Å². The number of ether oxygens (including phenoxy) is 1. The minimum absolute atomic E-state index is 0.0144. The van der Waals surface area contributed by atoms with E-state index >= 15 is 0 Å². The smallest absolute Gasteiger partial charge is 0.404 e. The average molecular weight is 318 g/mol. The van der Waals surface area contributed by atoms with Gasteiger partial charge in [0.2, 0.25) is 5.88 Å². The second-order valence-electron chi connectivity index (χ2n) is 5.62. The number of carbonyl (C=O) groups is 1. The van der Waals surface area contributed by atoms with E-state index in [0.29, 0.717) is 42.7 Å². The molecule has 2 heterocycles. The second kappa shape index (κ2) is 6.23. The van der Waals surface area contributed by atoms with Gasteiger partial charge in [-0.2, -0.15) is 4.98 Å². The Morgan fingerprint density at radius 1 is 1.35 bits per heavy atom. The highest BCUT2D eigenvalue weighted by Crippen LogP contribution is 2.29. The molecule has 8 nitrogen and oxygen atoms in total. The molecule has 0 atom stereocenters. The second-order valence-corrected chi connectivity index (χ2v) is 5.62. The van der Waals surface area contributed by atoms with Gasteiger partial charge in [0, 0.05) is 18.2 Å². The van der Waals surface area contributed by atoms with Crippen molar-refractivity contribution in [1.29, 1.82) is 0 Å². The van der Waals surface area contributed by atoms with Gasteiger partial charge in [-0.1, -0.05) is 0 Å². The van der Waals surface area contributed by atoms with Crippen LogP contribution in [-0.2, 0) is 0 Å². The predicted molar refractivity (Wildman–Crippen MR) is 82.8 cm³/mol. The molecule has 122 valence electrons. The van der Waals surface area contributed by atoms with Crippen molar-refractivity contribution in [1.82, 2.24) is 19.9 Å². The Kier molecular flexibility index (Phi) is 4.14. The Morgan fingerprint density at radius 2 is 2.09 bits per heavy atom. The molecule has 1 fully saturated rings. The van der Waals surface area contributed by atoms with Crippen LogP contribution in [0.3, 0.4) is 0 Å². The third kappa shape index (κ3) is 3.10. The maximum absolute atomic E-state index is 12.3. The number of pyridine rings is 1. The number of carboxylic acid groups (broad SMARTS) is 1. The highest BCUT2D eigenvalue weighted by Gasteiger charge is 2.25. The first-order chi connectivity index (χ1) is 11.1. The molecule has 23 heavy (non-hydrogen) atoms. The Labute approximate surface area is 132 Å². The third-order valence-electron chi connectivity index (χ3n) is 4.21. The molecular weight excluding hydrogens is 300 g/mol. The lowest BCUT2D eigenvalue weighted by Crippen LogP contribution is -2.38. The van der Waals surface area contributed by atoms with Crippen LogP contribution >= 0.6 is 0 Å². The van der Waals surface area contributed by atoms with Gasteiger partial charge in [0.1, 0.15) is 5.52 Å². The number of rotatable bonds is 3. The first kappa shape index (κ1) is 15.3. The molecule has 1 amide bonds. The van der Waals surface area contributed by atoms with Crippen molar-refractivity contribution in [3.63, 3.8) is 0 Å². The molecule has 8 heteroatoms. The minimum Gasteiger partial charge on any atom is -0.481 e. The Morgan fingerprint density at radius 3 is 2.74 bits per heavy atom. The summed E-state index contributed by atoms with van der Waals surface area (Å²) in [6.07, 6.45) is 3.10. The molecule has 2 N–H and O–H groups in total. The molecule has 1 aliphatic rings. The van der Waals surface area contributed by atoms with Gasteiger partial charge in [0.15, 0.2) is 5.65 Å². The van der Waals surface area contributed by atoms with Crippen LogP contribution in [-0.4, -0.2) is 38.9 Å². The number of nitrogens with zero attached hydrogens (tertiary/aromatic N) is 3. The van der Waals surface area contributed by atoms with E-state index in [1.54, 1.807) is 16.7 Å².